The highest BCUT2D eigenvalue weighted by Crippen LogP contribution is 2.28. The fourth-order valence-corrected chi connectivity index (χ4v) is 3.57. The molecule has 4 nitrogen and oxygen atoms in total. The van der Waals surface area contributed by atoms with E-state index in [4.69, 9.17) is 0 Å². The SMILES string of the molecule is CCCNc1nnc(SCc2csc(C)n2)s1. The van der Waals surface area contributed by atoms with Gasteiger partial charge < -0.3 is 5.32 Å². The lowest BCUT2D eigenvalue weighted by Gasteiger charge is -1.95. The zero-order valence-corrected chi connectivity index (χ0v) is 12.2. The van der Waals surface area contributed by atoms with Crippen molar-refractivity contribution in [2.45, 2.75) is 30.4 Å². The number of anilines is 1. The van der Waals surface area contributed by atoms with Gasteiger partial charge >= 0.3 is 0 Å². The van der Waals surface area contributed by atoms with E-state index < -0.39 is 0 Å². The van der Waals surface area contributed by atoms with Crippen LogP contribution in [0.2, 0.25) is 0 Å². The van der Waals surface area contributed by atoms with E-state index in [1.165, 1.54) is 0 Å². The van der Waals surface area contributed by atoms with Crippen LogP contribution in [0.15, 0.2) is 9.72 Å². The topological polar surface area (TPSA) is 50.7 Å². The molecule has 0 aliphatic heterocycles. The quantitative estimate of drug-likeness (QED) is 0.825. The maximum Gasteiger partial charge on any atom is 0.206 e. The second-order valence-electron chi connectivity index (χ2n) is 3.45. The number of nitrogens with one attached hydrogen (secondary N) is 1. The molecule has 2 aromatic rings. The molecule has 0 radical (unpaired) electrons. The van der Waals surface area contributed by atoms with Gasteiger partial charge in [0.25, 0.3) is 0 Å². The molecule has 7 heteroatoms. The van der Waals surface area contributed by atoms with E-state index in [1.807, 2.05) is 6.92 Å². The van der Waals surface area contributed by atoms with Crippen molar-refractivity contribution in [3.63, 3.8) is 0 Å². The van der Waals surface area contributed by atoms with E-state index in [-0.39, 0.29) is 0 Å². The second kappa shape index (κ2) is 6.32. The van der Waals surface area contributed by atoms with Crippen LogP contribution in [0, 0.1) is 6.92 Å². The minimum Gasteiger partial charge on any atom is -0.360 e. The Labute approximate surface area is 113 Å². The first kappa shape index (κ1) is 12.8. The van der Waals surface area contributed by atoms with Crippen molar-refractivity contribution in [2.24, 2.45) is 0 Å². The van der Waals surface area contributed by atoms with Crippen molar-refractivity contribution in [3.8, 4) is 0 Å². The van der Waals surface area contributed by atoms with Gasteiger partial charge in [0.2, 0.25) is 5.13 Å². The van der Waals surface area contributed by atoms with E-state index in [0.717, 1.165) is 38.9 Å². The number of thiazole rings is 1. The largest absolute Gasteiger partial charge is 0.360 e. The fourth-order valence-electron chi connectivity index (χ4n) is 1.18. The van der Waals surface area contributed by atoms with Crippen LogP contribution < -0.4 is 5.32 Å². The van der Waals surface area contributed by atoms with Crippen LogP contribution in [-0.2, 0) is 5.75 Å². The maximum atomic E-state index is 4.42. The van der Waals surface area contributed by atoms with Gasteiger partial charge in [-0.05, 0) is 13.3 Å². The molecule has 0 aliphatic carbocycles. The standard InChI is InChI=1S/C10H14N4S3/c1-3-4-11-9-13-14-10(17-9)16-6-8-5-15-7(2)12-8/h5H,3-4,6H2,1-2H3,(H,11,13). The fraction of sp³-hybridized carbons (Fsp3) is 0.500. The summed E-state index contributed by atoms with van der Waals surface area (Å²) in [5, 5.41) is 15.6. The number of hydrogen-bond donors (Lipinski definition) is 1. The average Bonchev–Trinajstić information content (AvgIpc) is 2.93. The van der Waals surface area contributed by atoms with Crippen LogP contribution in [0.5, 0.6) is 0 Å². The highest BCUT2D eigenvalue weighted by Gasteiger charge is 2.05. The monoisotopic (exact) mass is 286 g/mol. The predicted molar refractivity (Wildman–Crippen MR) is 75.1 cm³/mol. The van der Waals surface area contributed by atoms with E-state index in [1.54, 1.807) is 34.4 Å². The molecular formula is C10H14N4S3. The Morgan fingerprint density at radius 2 is 2.29 bits per heavy atom. The summed E-state index contributed by atoms with van der Waals surface area (Å²) in [4.78, 5) is 4.42. The van der Waals surface area contributed by atoms with Crippen molar-refractivity contribution in [2.75, 3.05) is 11.9 Å². The Bertz CT molecular complexity index is 466. The molecule has 0 amide bonds. The molecule has 0 saturated heterocycles. The number of rotatable bonds is 6. The lowest BCUT2D eigenvalue weighted by atomic mass is 10.5. The Balaban J connectivity index is 1.84. The zero-order valence-electron chi connectivity index (χ0n) is 9.77. The van der Waals surface area contributed by atoms with Gasteiger partial charge in [0.1, 0.15) is 0 Å². The summed E-state index contributed by atoms with van der Waals surface area (Å²) in [6.45, 7) is 5.11. The summed E-state index contributed by atoms with van der Waals surface area (Å²) >= 11 is 4.98. The molecule has 2 rings (SSSR count). The minimum absolute atomic E-state index is 0.868. The summed E-state index contributed by atoms with van der Waals surface area (Å²) in [6, 6.07) is 0. The summed E-state index contributed by atoms with van der Waals surface area (Å²) < 4.78 is 0.995. The van der Waals surface area contributed by atoms with Gasteiger partial charge in [0.15, 0.2) is 4.34 Å². The van der Waals surface area contributed by atoms with Gasteiger partial charge in [0.05, 0.1) is 10.7 Å². The van der Waals surface area contributed by atoms with Crippen LogP contribution in [0.25, 0.3) is 0 Å². The first-order valence-electron chi connectivity index (χ1n) is 5.39. The summed E-state index contributed by atoms with van der Waals surface area (Å²) in [6.07, 6.45) is 1.10. The van der Waals surface area contributed by atoms with Gasteiger partial charge in [-0.3, -0.25) is 0 Å². The van der Waals surface area contributed by atoms with Gasteiger partial charge in [-0.15, -0.1) is 21.5 Å². The molecule has 2 aromatic heterocycles. The molecule has 0 fully saturated rings. The highest BCUT2D eigenvalue weighted by atomic mass is 32.2. The normalized spacial score (nSPS) is 10.7. The van der Waals surface area contributed by atoms with Crippen molar-refractivity contribution >= 4 is 39.6 Å². The van der Waals surface area contributed by atoms with E-state index in [0.29, 0.717) is 0 Å². The molecule has 0 unspecified atom stereocenters. The third-order valence-electron chi connectivity index (χ3n) is 1.94. The maximum absolute atomic E-state index is 4.42. The van der Waals surface area contributed by atoms with Crippen LogP contribution in [0.1, 0.15) is 24.0 Å². The molecule has 0 bridgehead atoms. The number of thioether (sulfide) groups is 1. The molecule has 0 atom stereocenters. The third kappa shape index (κ3) is 3.93. The molecule has 2 heterocycles. The van der Waals surface area contributed by atoms with Gasteiger partial charge in [-0.25, -0.2) is 4.98 Å². The average molecular weight is 286 g/mol. The van der Waals surface area contributed by atoms with E-state index in [9.17, 15) is 0 Å². The van der Waals surface area contributed by atoms with Crippen molar-refractivity contribution in [1.29, 1.82) is 0 Å². The first-order valence-corrected chi connectivity index (χ1v) is 8.07. The minimum atomic E-state index is 0.868. The lowest BCUT2D eigenvalue weighted by Crippen LogP contribution is -1.98. The Kier molecular flexibility index (Phi) is 4.75. The Morgan fingerprint density at radius 3 is 3.00 bits per heavy atom. The molecule has 1 N–H and O–H groups in total. The summed E-state index contributed by atoms with van der Waals surface area (Å²) in [5.74, 6) is 0.868. The molecule has 17 heavy (non-hydrogen) atoms. The van der Waals surface area contributed by atoms with Crippen LogP contribution >= 0.6 is 34.4 Å². The number of nitrogens with zero attached hydrogens (tertiary/aromatic N) is 3. The van der Waals surface area contributed by atoms with Gasteiger partial charge in [-0.2, -0.15) is 0 Å². The first-order chi connectivity index (χ1) is 8.28. The highest BCUT2D eigenvalue weighted by molar-refractivity contribution is 8.00. The van der Waals surface area contributed by atoms with E-state index >= 15 is 0 Å². The smallest absolute Gasteiger partial charge is 0.206 e. The van der Waals surface area contributed by atoms with Crippen LogP contribution in [0.4, 0.5) is 5.13 Å². The molecular weight excluding hydrogens is 272 g/mol. The summed E-state index contributed by atoms with van der Waals surface area (Å²) in [5.41, 5.74) is 1.12. The number of hydrogen-bond acceptors (Lipinski definition) is 7. The second-order valence-corrected chi connectivity index (χ2v) is 6.71. The third-order valence-corrected chi connectivity index (χ3v) is 4.81. The summed E-state index contributed by atoms with van der Waals surface area (Å²) in [7, 11) is 0. The Morgan fingerprint density at radius 1 is 1.41 bits per heavy atom. The number of aromatic nitrogens is 3. The van der Waals surface area contributed by atoms with Gasteiger partial charge in [-0.1, -0.05) is 30.0 Å². The van der Waals surface area contributed by atoms with Crippen molar-refractivity contribution < 1.29 is 0 Å². The predicted octanol–water partition coefficient (Wildman–Crippen LogP) is 3.42. The van der Waals surface area contributed by atoms with Crippen molar-refractivity contribution in [3.05, 3.63) is 16.1 Å². The molecule has 92 valence electrons. The Hall–Kier alpha value is -0.660. The zero-order chi connectivity index (χ0) is 12.1. The van der Waals surface area contributed by atoms with Gasteiger partial charge in [0, 0.05) is 17.7 Å². The number of aryl methyl sites for hydroxylation is 1. The molecule has 0 aliphatic rings. The van der Waals surface area contributed by atoms with Crippen LogP contribution in [-0.4, -0.2) is 21.7 Å². The lowest BCUT2D eigenvalue weighted by molar-refractivity contribution is 0.951. The van der Waals surface area contributed by atoms with Crippen LogP contribution in [0.3, 0.4) is 0 Å². The molecule has 0 aromatic carbocycles. The molecule has 0 saturated carbocycles. The molecule has 0 spiro atoms. The van der Waals surface area contributed by atoms with Crippen molar-refractivity contribution in [1.82, 2.24) is 15.2 Å². The van der Waals surface area contributed by atoms with E-state index in [2.05, 4.69) is 32.8 Å².